The average molecular weight is 1420 g/mol. The zero-order valence-electron chi connectivity index (χ0n) is 52.4. The molecule has 102 heavy (non-hydrogen) atoms. The normalized spacial score (nSPS) is 20.7. The number of aliphatic hydroxyl groups is 1. The molecular weight excluding hydrogens is 1370 g/mol. The lowest BCUT2D eigenvalue weighted by Gasteiger charge is -2.31. The molecule has 9 aromatic rings. The number of phenolic OH excluding ortho intramolecular Hbond substituents is 6. The van der Waals surface area contributed by atoms with Crippen molar-refractivity contribution >= 4 is 70.7 Å². The molecule has 6 aliphatic heterocycles. The third kappa shape index (κ3) is 12.7. The lowest BCUT2D eigenvalue weighted by Crippen LogP contribution is -2.55. The molecule has 15 N–H and O–H groups in total. The number of carboxylic acids is 1. The molecular formula is C73H55Cl2N7O20. The van der Waals surface area contributed by atoms with Crippen molar-refractivity contribution in [3.05, 3.63) is 224 Å². The molecule has 6 heterocycles. The van der Waals surface area contributed by atoms with Crippen LogP contribution in [0.25, 0.3) is 22.3 Å². The van der Waals surface area contributed by atoms with E-state index in [9.17, 15) is 55.2 Å². The highest BCUT2D eigenvalue weighted by molar-refractivity contribution is 6.32. The van der Waals surface area contributed by atoms with Gasteiger partial charge in [0.05, 0.1) is 10.0 Å². The van der Waals surface area contributed by atoms with E-state index in [4.69, 9.17) is 42.1 Å². The second-order valence-electron chi connectivity index (χ2n) is 24.5. The Bertz CT molecular complexity index is 5030. The van der Waals surface area contributed by atoms with Gasteiger partial charge in [-0.3, -0.25) is 28.8 Å². The number of hydrogen-bond donors (Lipinski definition) is 15. The highest BCUT2D eigenvalue weighted by Crippen LogP contribution is 2.49. The van der Waals surface area contributed by atoms with Crippen LogP contribution in [-0.4, -0.2) is 107 Å². The van der Waals surface area contributed by atoms with Crippen molar-refractivity contribution in [3.63, 3.8) is 0 Å². The maximum absolute atomic E-state index is 15.9. The van der Waals surface area contributed by atoms with Crippen molar-refractivity contribution in [2.45, 2.75) is 60.7 Å². The van der Waals surface area contributed by atoms with Crippen LogP contribution in [0, 0.1) is 0 Å². The van der Waals surface area contributed by atoms with Gasteiger partial charge in [-0.2, -0.15) is 0 Å². The Morgan fingerprint density at radius 2 is 1.06 bits per heavy atom. The van der Waals surface area contributed by atoms with Gasteiger partial charge in [0.25, 0.3) is 0 Å². The van der Waals surface area contributed by atoms with E-state index in [1.165, 1.54) is 48.5 Å². The van der Waals surface area contributed by atoms with Gasteiger partial charge in [0.2, 0.25) is 41.2 Å². The molecule has 0 saturated carbocycles. The fourth-order valence-electron chi connectivity index (χ4n) is 13.1. The van der Waals surface area contributed by atoms with Gasteiger partial charge in [-0.1, -0.05) is 96.0 Å². The van der Waals surface area contributed by atoms with Gasteiger partial charge in [-0.25, -0.2) is 9.59 Å². The number of halogens is 2. The molecule has 7 amide bonds. The van der Waals surface area contributed by atoms with Gasteiger partial charge in [-0.05, 0) is 134 Å². The number of ether oxygens (including phenoxy) is 4. The first-order valence-electron chi connectivity index (χ1n) is 31.3. The number of aliphatic hydroxyl groups excluding tert-OH is 1. The van der Waals surface area contributed by atoms with E-state index in [-0.39, 0.29) is 73.0 Å². The summed E-state index contributed by atoms with van der Waals surface area (Å²) >= 11 is 13.9. The summed E-state index contributed by atoms with van der Waals surface area (Å²) in [5.74, 6) is -16.2. The predicted octanol–water partition coefficient (Wildman–Crippen LogP) is 8.56. The third-order valence-corrected chi connectivity index (χ3v) is 18.6. The third-order valence-electron chi connectivity index (χ3n) is 18.0. The number of amides is 7. The van der Waals surface area contributed by atoms with Crippen LogP contribution in [0.15, 0.2) is 164 Å². The number of fused-ring (bicyclic) bond motifs is 17. The van der Waals surface area contributed by atoms with E-state index in [1.807, 2.05) is 48.5 Å². The highest BCUT2D eigenvalue weighted by Gasteiger charge is 2.42. The summed E-state index contributed by atoms with van der Waals surface area (Å²) in [6, 6.07) is 22.4. The van der Waals surface area contributed by atoms with E-state index in [0.717, 1.165) is 89.0 Å². The molecule has 29 heteroatoms. The number of hydrogen-bond acceptors (Lipinski definition) is 19. The smallest absolute Gasteiger partial charge is 0.408 e. The Morgan fingerprint density at radius 3 is 1.73 bits per heavy atom. The Labute approximate surface area is 585 Å². The SMILES string of the molecule is O=C(N[C@@H]1C(=O)N[C@@H]2Cc3ccc(c(Cl)c3)Oc3cc4cc(c3O)Oc3ccc(cc3Cl)[C@@H](O)[C@@H]3NC(=O)[C@H](NC(=O)[C@@H]4NC(=O)[C@@H](NC2=O)c2cc(O)cc(c2)Oc2cc1ccc2O)c1ccc(O)c(c1)-c1c(O)cc(O)cc1[C@@H](C(=O)O)NC3=O)OCC1c2ccccc2-c2ccccc21. The summed E-state index contributed by atoms with van der Waals surface area (Å²) < 4.78 is 24.6. The molecule has 0 unspecified atom stereocenters. The molecule has 27 nitrogen and oxygen atoms in total. The fraction of sp³-hybridized carbons (Fsp3) is 0.151. The van der Waals surface area contributed by atoms with Gasteiger partial charge in [0.15, 0.2) is 29.0 Å². The monoisotopic (exact) mass is 1420 g/mol. The number of carbonyl (C=O) groups is 8. The van der Waals surface area contributed by atoms with Crippen molar-refractivity contribution in [1.29, 1.82) is 0 Å². The average Bonchev–Trinajstić information content (AvgIpc) is 1.29. The standard InChI is InChI=1S/C73H55Cl2N7O20/c74-46-17-30-9-15-52(46)101-55-24-35-25-56(65(55)89)102-53-16-12-33(22-47(53)75)64(88)63-71(95)80-62(72(96)97)44-27-37(84)28-51(87)57(44)43-21-31(10-13-49(43)85)58(68(92)81-63)78-70(94)61(35)79-69(93)60-34-19-36(83)26-38(20-34)100-54-23-32(11-14-50(54)86)59(67(91)76-48(18-30)66(90)77-60)82-73(98)99-29-45-41-7-3-1-5-39(41)40-6-2-4-8-42(40)45/h1-17,19-28,45,48,58-64,83-89H,18,29H2,(H,76,91)(H,77,90)(H,78,94)(H,79,93)(H,80,95)(H,81,92)(H,82,98)(H,96,97)/t48-,58-,59+,60+,61-,62+,63+,64-/m1/s1. The maximum Gasteiger partial charge on any atom is 0.408 e. The molecule has 0 aromatic heterocycles. The van der Waals surface area contributed by atoms with Crippen molar-refractivity contribution < 1.29 is 98.2 Å². The zero-order valence-corrected chi connectivity index (χ0v) is 53.9. The van der Waals surface area contributed by atoms with Crippen molar-refractivity contribution in [2.24, 2.45) is 0 Å². The number of carboxylic acid groups (broad SMARTS) is 1. The molecule has 9 aromatic carbocycles. The van der Waals surface area contributed by atoms with Gasteiger partial charge >= 0.3 is 12.1 Å². The van der Waals surface area contributed by atoms with Crippen LogP contribution in [0.4, 0.5) is 4.79 Å². The number of aliphatic carboxylic acids is 1. The summed E-state index contributed by atoms with van der Waals surface area (Å²) in [6.07, 6.45) is -3.69. The first-order chi connectivity index (χ1) is 48.9. The van der Waals surface area contributed by atoms with E-state index in [2.05, 4.69) is 37.2 Å². The van der Waals surface area contributed by atoms with Crippen LogP contribution in [0.2, 0.25) is 10.0 Å². The first-order valence-corrected chi connectivity index (χ1v) is 32.1. The molecule has 0 radical (unpaired) electrons. The topological polar surface area (TPSA) is 420 Å². The van der Waals surface area contributed by atoms with E-state index >= 15 is 24.0 Å². The highest BCUT2D eigenvalue weighted by atomic mass is 35.5. The van der Waals surface area contributed by atoms with Crippen LogP contribution in [-0.2, 0) is 44.7 Å². The second-order valence-corrected chi connectivity index (χ2v) is 25.3. The van der Waals surface area contributed by atoms with Crippen LogP contribution in [0.1, 0.15) is 92.3 Å². The Morgan fingerprint density at radius 1 is 0.480 bits per heavy atom. The van der Waals surface area contributed by atoms with Crippen molar-refractivity contribution in [1.82, 2.24) is 37.2 Å². The van der Waals surface area contributed by atoms with Gasteiger partial charge in [0.1, 0.15) is 89.2 Å². The summed E-state index contributed by atoms with van der Waals surface area (Å²) in [7, 11) is 0. The van der Waals surface area contributed by atoms with Crippen LogP contribution in [0.5, 0.6) is 69.0 Å². The number of phenols is 6. The number of carbonyl (C=O) groups excluding carboxylic acids is 7. The molecule has 0 fully saturated rings. The summed E-state index contributed by atoms with van der Waals surface area (Å²) in [4.78, 5) is 120. The first kappa shape index (κ1) is 66.5. The molecule has 7 aliphatic rings. The quantitative estimate of drug-likeness (QED) is 0.0784. The molecule has 16 rings (SSSR count). The van der Waals surface area contributed by atoms with Crippen LogP contribution < -0.4 is 51.4 Å². The van der Waals surface area contributed by atoms with Gasteiger partial charge < -0.3 is 97.0 Å². The summed E-state index contributed by atoms with van der Waals surface area (Å²) in [5, 5.41) is 109. The van der Waals surface area contributed by atoms with Crippen molar-refractivity contribution in [2.75, 3.05) is 6.61 Å². The van der Waals surface area contributed by atoms with E-state index < -0.39 is 171 Å². The summed E-state index contributed by atoms with van der Waals surface area (Å²) in [5.41, 5.74) is 1.28. The largest absolute Gasteiger partial charge is 0.508 e. The maximum atomic E-state index is 15.9. The Kier molecular flexibility index (Phi) is 17.3. The molecule has 8 atom stereocenters. The van der Waals surface area contributed by atoms with E-state index in [0.29, 0.717) is 0 Å². The van der Waals surface area contributed by atoms with Crippen molar-refractivity contribution in [3.8, 4) is 91.2 Å². The van der Waals surface area contributed by atoms with Crippen LogP contribution in [0.3, 0.4) is 0 Å². The molecule has 0 spiro atoms. The molecule has 0 saturated heterocycles. The molecule has 516 valence electrons. The van der Waals surface area contributed by atoms with Gasteiger partial charge in [0, 0.05) is 41.2 Å². The predicted molar refractivity (Wildman–Crippen MR) is 359 cm³/mol. The second kappa shape index (κ2) is 26.5. The lowest BCUT2D eigenvalue weighted by molar-refractivity contribution is -0.143. The Balaban J connectivity index is 0.904. The minimum atomic E-state index is -2.23. The number of aromatic hydroxyl groups is 6. The zero-order chi connectivity index (χ0) is 71.7. The Hall–Kier alpha value is -12.7. The number of alkyl carbamates (subject to hydrolysis) is 1. The number of benzene rings is 9. The van der Waals surface area contributed by atoms with Crippen LogP contribution >= 0.6 is 23.2 Å². The minimum Gasteiger partial charge on any atom is -0.508 e. The lowest BCUT2D eigenvalue weighted by atomic mass is 9.89. The summed E-state index contributed by atoms with van der Waals surface area (Å²) in [6.45, 7) is -0.189. The minimum absolute atomic E-state index is 0.0162. The fourth-order valence-corrected chi connectivity index (χ4v) is 13.6. The van der Waals surface area contributed by atoms with E-state index in [1.54, 1.807) is 0 Å². The van der Waals surface area contributed by atoms with Gasteiger partial charge in [-0.15, -0.1) is 0 Å². The molecule has 1 aliphatic carbocycles. The number of rotatable bonds is 4. The molecule has 17 bridgehead atoms. The number of nitrogens with one attached hydrogen (secondary N) is 7.